The van der Waals surface area contributed by atoms with E-state index in [0.29, 0.717) is 12.6 Å². The first kappa shape index (κ1) is 10.4. The Hall–Kier alpha value is -1.09. The van der Waals surface area contributed by atoms with E-state index in [2.05, 4.69) is 22.9 Å². The van der Waals surface area contributed by atoms with E-state index in [1.807, 2.05) is 13.1 Å². The first-order chi connectivity index (χ1) is 7.22. The molecule has 0 amide bonds. The maximum absolute atomic E-state index is 5.75. The lowest BCUT2D eigenvalue weighted by molar-refractivity contribution is 0.730. The van der Waals surface area contributed by atoms with Gasteiger partial charge in [0.05, 0.1) is 0 Å². The molecule has 0 spiro atoms. The fourth-order valence-corrected chi connectivity index (χ4v) is 2.29. The Morgan fingerprint density at radius 2 is 2.40 bits per heavy atom. The molecule has 0 aliphatic carbocycles. The number of hydrogen-bond donors (Lipinski definition) is 1. The van der Waals surface area contributed by atoms with Gasteiger partial charge >= 0.3 is 0 Å². The summed E-state index contributed by atoms with van der Waals surface area (Å²) < 4.78 is 0. The summed E-state index contributed by atoms with van der Waals surface area (Å²) in [6.45, 7) is 6.04. The van der Waals surface area contributed by atoms with Gasteiger partial charge in [-0.1, -0.05) is 0 Å². The van der Waals surface area contributed by atoms with Crippen LogP contribution in [0.4, 0.5) is 5.69 Å². The Labute approximate surface area is 91.3 Å². The Kier molecular flexibility index (Phi) is 2.91. The topological polar surface area (TPSA) is 42.1 Å². The van der Waals surface area contributed by atoms with E-state index in [9.17, 15) is 0 Å². The molecule has 0 bridgehead atoms. The number of pyridine rings is 1. The molecule has 1 fully saturated rings. The minimum atomic E-state index is 0.575. The van der Waals surface area contributed by atoms with E-state index in [0.717, 1.165) is 17.8 Å². The third-order valence-corrected chi connectivity index (χ3v) is 3.18. The van der Waals surface area contributed by atoms with Crippen LogP contribution in [0.2, 0.25) is 0 Å². The Morgan fingerprint density at radius 1 is 1.60 bits per heavy atom. The molecule has 1 aromatic heterocycles. The third-order valence-electron chi connectivity index (χ3n) is 3.18. The molecule has 1 unspecified atom stereocenters. The Balaban J connectivity index is 2.36. The van der Waals surface area contributed by atoms with Crippen molar-refractivity contribution in [1.82, 2.24) is 4.98 Å². The maximum atomic E-state index is 5.75. The highest BCUT2D eigenvalue weighted by molar-refractivity contribution is 5.55. The van der Waals surface area contributed by atoms with Gasteiger partial charge in [-0.25, -0.2) is 0 Å². The summed E-state index contributed by atoms with van der Waals surface area (Å²) in [5.74, 6) is 0. The summed E-state index contributed by atoms with van der Waals surface area (Å²) in [6.07, 6.45) is 4.48. The van der Waals surface area contributed by atoms with Gasteiger partial charge in [-0.05, 0) is 32.8 Å². The summed E-state index contributed by atoms with van der Waals surface area (Å²) in [5.41, 5.74) is 9.27. The van der Waals surface area contributed by atoms with Gasteiger partial charge < -0.3 is 10.6 Å². The van der Waals surface area contributed by atoms with Crippen molar-refractivity contribution in [2.45, 2.75) is 39.3 Å². The molecule has 0 saturated carbocycles. The highest BCUT2D eigenvalue weighted by Crippen LogP contribution is 2.28. The summed E-state index contributed by atoms with van der Waals surface area (Å²) in [4.78, 5) is 6.76. The molecule has 1 saturated heterocycles. The molecule has 2 heterocycles. The number of nitrogens with two attached hydrogens (primary N) is 1. The highest BCUT2D eigenvalue weighted by Gasteiger charge is 2.22. The lowest BCUT2D eigenvalue weighted by atomic mass is 10.1. The molecule has 0 radical (unpaired) electrons. The van der Waals surface area contributed by atoms with Crippen molar-refractivity contribution in [3.05, 3.63) is 23.5 Å². The van der Waals surface area contributed by atoms with Crippen LogP contribution in [0.25, 0.3) is 0 Å². The van der Waals surface area contributed by atoms with Crippen LogP contribution in [0, 0.1) is 6.92 Å². The molecular weight excluding hydrogens is 186 g/mol. The number of anilines is 1. The third kappa shape index (κ3) is 1.97. The monoisotopic (exact) mass is 205 g/mol. The zero-order valence-corrected chi connectivity index (χ0v) is 9.53. The number of hydrogen-bond acceptors (Lipinski definition) is 3. The quantitative estimate of drug-likeness (QED) is 0.801. The van der Waals surface area contributed by atoms with Crippen LogP contribution in [0.3, 0.4) is 0 Å². The van der Waals surface area contributed by atoms with Crippen molar-refractivity contribution in [2.24, 2.45) is 5.73 Å². The van der Waals surface area contributed by atoms with Crippen molar-refractivity contribution in [1.29, 1.82) is 0 Å². The lowest BCUT2D eigenvalue weighted by Gasteiger charge is -2.26. The summed E-state index contributed by atoms with van der Waals surface area (Å²) in [5, 5.41) is 0. The highest BCUT2D eigenvalue weighted by atomic mass is 15.2. The van der Waals surface area contributed by atoms with Crippen molar-refractivity contribution >= 4 is 5.69 Å². The Morgan fingerprint density at radius 3 is 3.00 bits per heavy atom. The van der Waals surface area contributed by atoms with Crippen LogP contribution in [0.15, 0.2) is 12.3 Å². The molecule has 1 aromatic rings. The van der Waals surface area contributed by atoms with Crippen LogP contribution >= 0.6 is 0 Å². The minimum Gasteiger partial charge on any atom is -0.368 e. The van der Waals surface area contributed by atoms with E-state index < -0.39 is 0 Å². The molecule has 2 rings (SSSR count). The van der Waals surface area contributed by atoms with E-state index in [1.54, 1.807) is 0 Å². The van der Waals surface area contributed by atoms with E-state index in [4.69, 9.17) is 5.73 Å². The van der Waals surface area contributed by atoms with Gasteiger partial charge in [0.2, 0.25) is 0 Å². The van der Waals surface area contributed by atoms with Crippen molar-refractivity contribution in [2.75, 3.05) is 11.4 Å². The number of aryl methyl sites for hydroxylation is 1. The fraction of sp³-hybridized carbons (Fsp3) is 0.583. The second-order valence-corrected chi connectivity index (χ2v) is 4.34. The fourth-order valence-electron chi connectivity index (χ4n) is 2.29. The second kappa shape index (κ2) is 4.19. The molecule has 1 aliphatic heterocycles. The molecule has 0 aromatic carbocycles. The molecule has 1 aliphatic rings. The lowest BCUT2D eigenvalue weighted by Crippen LogP contribution is -2.28. The van der Waals surface area contributed by atoms with Gasteiger partial charge in [0.25, 0.3) is 0 Å². The maximum Gasteiger partial charge on any atom is 0.0447 e. The van der Waals surface area contributed by atoms with Crippen molar-refractivity contribution in [3.63, 3.8) is 0 Å². The second-order valence-electron chi connectivity index (χ2n) is 4.34. The van der Waals surface area contributed by atoms with Crippen molar-refractivity contribution in [3.8, 4) is 0 Å². The SMILES string of the molecule is Cc1cc(N2CCCC2C)c(CN)cn1. The molecule has 3 heteroatoms. The molecule has 3 nitrogen and oxygen atoms in total. The zero-order chi connectivity index (χ0) is 10.8. The van der Waals surface area contributed by atoms with Gasteiger partial charge in [-0.15, -0.1) is 0 Å². The van der Waals surface area contributed by atoms with Gasteiger partial charge in [-0.3, -0.25) is 4.98 Å². The first-order valence-electron chi connectivity index (χ1n) is 5.64. The average Bonchev–Trinajstić information content (AvgIpc) is 2.64. The smallest absolute Gasteiger partial charge is 0.0447 e. The van der Waals surface area contributed by atoms with E-state index in [-0.39, 0.29) is 0 Å². The summed E-state index contributed by atoms with van der Waals surface area (Å²) in [6, 6.07) is 2.79. The van der Waals surface area contributed by atoms with Crippen LogP contribution in [0.5, 0.6) is 0 Å². The molecule has 1 atom stereocenters. The van der Waals surface area contributed by atoms with Gasteiger partial charge in [0.1, 0.15) is 0 Å². The van der Waals surface area contributed by atoms with E-state index >= 15 is 0 Å². The molecule has 2 N–H and O–H groups in total. The van der Waals surface area contributed by atoms with Gasteiger partial charge in [-0.2, -0.15) is 0 Å². The number of aromatic nitrogens is 1. The normalized spacial score (nSPS) is 21.0. The van der Waals surface area contributed by atoms with Crippen LogP contribution in [-0.4, -0.2) is 17.6 Å². The average molecular weight is 205 g/mol. The predicted octanol–water partition coefficient (Wildman–Crippen LogP) is 1.84. The number of rotatable bonds is 2. The van der Waals surface area contributed by atoms with Crippen LogP contribution < -0.4 is 10.6 Å². The molecule has 15 heavy (non-hydrogen) atoms. The molecule has 82 valence electrons. The Bertz CT molecular complexity index is 349. The largest absolute Gasteiger partial charge is 0.368 e. The van der Waals surface area contributed by atoms with E-state index in [1.165, 1.54) is 18.5 Å². The van der Waals surface area contributed by atoms with Crippen LogP contribution in [-0.2, 0) is 6.54 Å². The predicted molar refractivity (Wildman–Crippen MR) is 62.9 cm³/mol. The summed E-state index contributed by atoms with van der Waals surface area (Å²) >= 11 is 0. The first-order valence-corrected chi connectivity index (χ1v) is 5.64. The number of nitrogens with zero attached hydrogens (tertiary/aromatic N) is 2. The van der Waals surface area contributed by atoms with Crippen molar-refractivity contribution < 1.29 is 0 Å². The minimum absolute atomic E-state index is 0.575. The molecular formula is C12H19N3. The van der Waals surface area contributed by atoms with Gasteiger partial charge in [0.15, 0.2) is 0 Å². The summed E-state index contributed by atoms with van der Waals surface area (Å²) in [7, 11) is 0. The standard InChI is InChI=1S/C12H19N3/c1-9-6-12(11(7-13)8-14-9)15-5-3-4-10(15)2/h6,8,10H,3-5,7,13H2,1-2H3. The van der Waals surface area contributed by atoms with Crippen LogP contribution in [0.1, 0.15) is 31.0 Å². The van der Waals surface area contributed by atoms with Gasteiger partial charge in [0, 0.05) is 42.3 Å². The zero-order valence-electron chi connectivity index (χ0n) is 9.53.